The third-order valence-corrected chi connectivity index (χ3v) is 8.75. The molecule has 234 valence electrons. The Balaban J connectivity index is 0.000000151. The van der Waals surface area contributed by atoms with Gasteiger partial charge in [-0.3, -0.25) is 0 Å². The molecule has 0 fully saturated rings. The minimum absolute atomic E-state index is 0.115. The van der Waals surface area contributed by atoms with Crippen LogP contribution >= 0.6 is 46.4 Å². The Hall–Kier alpha value is -4.48. The highest BCUT2D eigenvalue weighted by Gasteiger charge is 2.22. The monoisotopic (exact) mass is 700 g/mol. The normalized spacial score (nSPS) is 12.6. The van der Waals surface area contributed by atoms with E-state index in [1.54, 1.807) is 0 Å². The Morgan fingerprint density at radius 3 is 2.09 bits per heavy atom. The van der Waals surface area contributed by atoms with Gasteiger partial charge in [-0.1, -0.05) is 89.9 Å². The predicted molar refractivity (Wildman–Crippen MR) is 188 cm³/mol. The summed E-state index contributed by atoms with van der Waals surface area (Å²) in [6.07, 6.45) is 3.78. The lowest BCUT2D eigenvalue weighted by Gasteiger charge is -2.30. The number of nitrogens with zero attached hydrogens (tertiary/aromatic N) is 10. The van der Waals surface area contributed by atoms with E-state index >= 15 is 0 Å². The molecule has 47 heavy (non-hydrogen) atoms. The van der Waals surface area contributed by atoms with E-state index in [-0.39, 0.29) is 20.9 Å². The molecule has 5 heterocycles. The molecule has 0 saturated heterocycles. The van der Waals surface area contributed by atoms with Gasteiger partial charge in [0.25, 0.3) is 0 Å². The van der Waals surface area contributed by atoms with Crippen molar-refractivity contribution < 1.29 is 0 Å². The molecule has 0 unspecified atom stereocenters. The van der Waals surface area contributed by atoms with Crippen molar-refractivity contribution in [2.45, 2.75) is 19.5 Å². The van der Waals surface area contributed by atoms with Crippen LogP contribution in [0.3, 0.4) is 0 Å². The molecule has 10 nitrogen and oxygen atoms in total. The van der Waals surface area contributed by atoms with Gasteiger partial charge in [0.2, 0.25) is 10.6 Å². The molecule has 0 bridgehead atoms. The van der Waals surface area contributed by atoms with E-state index in [4.69, 9.17) is 46.4 Å². The van der Waals surface area contributed by atoms with E-state index in [9.17, 15) is 0 Å². The lowest BCUT2D eigenvalue weighted by molar-refractivity contribution is 0.722. The van der Waals surface area contributed by atoms with Crippen LogP contribution in [-0.4, -0.2) is 53.5 Å². The van der Waals surface area contributed by atoms with Crippen LogP contribution in [0.5, 0.6) is 0 Å². The molecule has 7 aromatic rings. The smallest absolute Gasteiger partial charge is 0.225 e. The van der Waals surface area contributed by atoms with Crippen LogP contribution in [0.4, 0.5) is 11.6 Å². The Morgan fingerprint density at radius 1 is 0.660 bits per heavy atom. The molecule has 0 aliphatic carbocycles. The van der Waals surface area contributed by atoms with Crippen LogP contribution in [0, 0.1) is 0 Å². The second-order valence-corrected chi connectivity index (χ2v) is 12.2. The van der Waals surface area contributed by atoms with Crippen molar-refractivity contribution in [3.63, 3.8) is 0 Å². The fourth-order valence-electron chi connectivity index (χ4n) is 5.68. The maximum Gasteiger partial charge on any atom is 0.225 e. The Kier molecular flexibility index (Phi) is 8.83. The summed E-state index contributed by atoms with van der Waals surface area (Å²) in [6, 6.07) is 23.0. The average molecular weight is 702 g/mol. The molecule has 8 rings (SSSR count). The Labute approximate surface area is 289 Å². The van der Waals surface area contributed by atoms with Gasteiger partial charge in [0.15, 0.2) is 21.9 Å². The lowest BCUT2D eigenvalue weighted by Crippen LogP contribution is -2.31. The summed E-state index contributed by atoms with van der Waals surface area (Å²) in [5.74, 6) is 1.32. The van der Waals surface area contributed by atoms with Crippen molar-refractivity contribution in [1.29, 1.82) is 0 Å². The molecule has 3 aromatic carbocycles. The highest BCUT2D eigenvalue weighted by Crippen LogP contribution is 2.31. The molecule has 0 N–H and O–H groups in total. The van der Waals surface area contributed by atoms with Crippen molar-refractivity contribution in [1.82, 2.24) is 39.9 Å². The number of halogens is 4. The molecule has 0 amide bonds. The van der Waals surface area contributed by atoms with Crippen LogP contribution in [0.1, 0.15) is 16.7 Å². The van der Waals surface area contributed by atoms with Crippen molar-refractivity contribution in [2.24, 2.45) is 0 Å². The molecule has 0 atom stereocenters. The van der Waals surface area contributed by atoms with Gasteiger partial charge in [0.1, 0.15) is 34.7 Å². The zero-order valence-corrected chi connectivity index (χ0v) is 27.8. The highest BCUT2D eigenvalue weighted by molar-refractivity contribution is 6.35. The highest BCUT2D eigenvalue weighted by atomic mass is 35.5. The van der Waals surface area contributed by atoms with Gasteiger partial charge < -0.3 is 9.80 Å². The first-order valence-corrected chi connectivity index (χ1v) is 16.0. The Morgan fingerprint density at radius 2 is 1.30 bits per heavy atom. The van der Waals surface area contributed by atoms with E-state index in [1.165, 1.54) is 40.1 Å². The summed E-state index contributed by atoms with van der Waals surface area (Å²) in [5.41, 5.74) is 5.98. The van der Waals surface area contributed by atoms with E-state index in [2.05, 4.69) is 93.3 Å². The van der Waals surface area contributed by atoms with Gasteiger partial charge in [0.05, 0.1) is 0 Å². The molecule has 1 aliphatic heterocycles. The van der Waals surface area contributed by atoms with Crippen molar-refractivity contribution in [2.75, 3.05) is 23.4 Å². The van der Waals surface area contributed by atoms with E-state index in [0.717, 1.165) is 19.5 Å². The number of anilines is 2. The van der Waals surface area contributed by atoms with Gasteiger partial charge in [0, 0.05) is 26.7 Å². The summed E-state index contributed by atoms with van der Waals surface area (Å²) in [4.78, 5) is 37.7. The first-order valence-electron chi connectivity index (χ1n) is 14.5. The third kappa shape index (κ3) is 6.42. The molecular weight excluding hydrogens is 678 g/mol. The molecule has 4 aromatic heterocycles. The zero-order valence-electron chi connectivity index (χ0n) is 24.8. The number of benzene rings is 3. The van der Waals surface area contributed by atoms with Crippen LogP contribution in [0.25, 0.3) is 32.8 Å². The maximum absolute atomic E-state index is 6.13. The van der Waals surface area contributed by atoms with E-state index in [1.807, 2.05) is 30.1 Å². The standard InChI is InChI=1S/C18H13Cl2N5.C15H11Cl2N5/c1-25(9-12-7-4-6-11-5-2-3-8-13(11)12)17-15-14(23-18(20)24-17)16(19)22-10-21-15;16-13-11-12(18-8-19-13)14(21-15(17)20-11)22-6-5-9-3-1-2-4-10(9)7-22/h2-8,10H,9H2,1H3;1-4,8H,5-7H2. The van der Waals surface area contributed by atoms with Gasteiger partial charge in [-0.2, -0.15) is 9.97 Å². The molecular formula is C33H24Cl4N10. The minimum Gasteiger partial charge on any atom is -0.353 e. The predicted octanol–water partition coefficient (Wildman–Crippen LogP) is 7.81. The second kappa shape index (κ2) is 13.3. The summed E-state index contributed by atoms with van der Waals surface area (Å²) in [7, 11) is 1.94. The van der Waals surface area contributed by atoms with E-state index in [0.29, 0.717) is 40.2 Å². The Bertz CT molecular complexity index is 2260. The van der Waals surface area contributed by atoms with Crippen molar-refractivity contribution in [3.8, 4) is 0 Å². The van der Waals surface area contributed by atoms with Crippen LogP contribution < -0.4 is 9.80 Å². The van der Waals surface area contributed by atoms with Crippen molar-refractivity contribution in [3.05, 3.63) is 117 Å². The average Bonchev–Trinajstić information content (AvgIpc) is 3.09. The van der Waals surface area contributed by atoms with Crippen molar-refractivity contribution >= 4 is 90.9 Å². The lowest BCUT2D eigenvalue weighted by atomic mass is 10.00. The second-order valence-electron chi connectivity index (χ2n) is 10.8. The van der Waals surface area contributed by atoms with Crippen LogP contribution in [0.15, 0.2) is 79.4 Å². The van der Waals surface area contributed by atoms with E-state index < -0.39 is 0 Å². The maximum atomic E-state index is 6.13. The number of rotatable bonds is 4. The first kappa shape index (κ1) is 31.1. The summed E-state index contributed by atoms with van der Waals surface area (Å²) in [5, 5.41) is 3.21. The first-order chi connectivity index (χ1) is 22.9. The molecule has 0 spiro atoms. The summed E-state index contributed by atoms with van der Waals surface area (Å²) in [6.45, 7) is 2.26. The largest absolute Gasteiger partial charge is 0.353 e. The van der Waals surface area contributed by atoms with Gasteiger partial charge >= 0.3 is 0 Å². The molecule has 0 radical (unpaired) electrons. The quantitative estimate of drug-likeness (QED) is 0.133. The fourth-order valence-corrected chi connectivity index (χ4v) is 6.36. The summed E-state index contributed by atoms with van der Waals surface area (Å²) >= 11 is 24.4. The minimum atomic E-state index is 0.115. The number of hydrogen-bond acceptors (Lipinski definition) is 10. The van der Waals surface area contributed by atoms with Gasteiger partial charge in [-0.05, 0) is 57.1 Å². The zero-order chi connectivity index (χ0) is 32.5. The number of hydrogen-bond donors (Lipinski definition) is 0. The van der Waals surface area contributed by atoms with Gasteiger partial charge in [-0.25, -0.2) is 29.9 Å². The molecule has 0 saturated carbocycles. The number of fused-ring (bicyclic) bond motifs is 4. The third-order valence-electron chi connectivity index (χ3n) is 7.86. The fraction of sp³-hybridized carbons (Fsp3) is 0.152. The summed E-state index contributed by atoms with van der Waals surface area (Å²) < 4.78 is 0. The number of aromatic nitrogens is 8. The van der Waals surface area contributed by atoms with Crippen LogP contribution in [-0.2, 0) is 19.5 Å². The topological polar surface area (TPSA) is 110 Å². The SMILES string of the molecule is CN(Cc1cccc2ccccc12)c1nc(Cl)nc2c(Cl)ncnc12.Clc1nc(N2CCc3ccccc3C2)c2ncnc(Cl)c2n1. The van der Waals surface area contributed by atoms with Gasteiger partial charge in [-0.15, -0.1) is 0 Å². The molecule has 1 aliphatic rings. The van der Waals surface area contributed by atoms with Crippen LogP contribution in [0.2, 0.25) is 20.9 Å². The molecule has 14 heteroatoms.